The highest BCUT2D eigenvalue weighted by Gasteiger charge is 2.18. The molecule has 0 aliphatic carbocycles. The summed E-state index contributed by atoms with van der Waals surface area (Å²) in [6.07, 6.45) is 3.71. The molecule has 0 spiro atoms. The number of fused-ring (bicyclic) bond motifs is 1. The summed E-state index contributed by atoms with van der Waals surface area (Å²) in [6, 6.07) is 15.3. The number of H-pyrrole nitrogens is 1. The Balaban J connectivity index is 1.43. The second kappa shape index (κ2) is 5.81. The quantitative estimate of drug-likeness (QED) is 0.806. The molecule has 0 atom stereocenters. The molecule has 1 aliphatic heterocycles. The van der Waals surface area contributed by atoms with Gasteiger partial charge in [0.1, 0.15) is 5.82 Å². The summed E-state index contributed by atoms with van der Waals surface area (Å²) in [5.74, 6) is 1.05. The third-order valence-corrected chi connectivity index (χ3v) is 4.40. The summed E-state index contributed by atoms with van der Waals surface area (Å²) in [7, 11) is 0. The van der Waals surface area contributed by atoms with E-state index in [1.165, 1.54) is 16.5 Å². The van der Waals surface area contributed by atoms with Gasteiger partial charge in [-0.25, -0.2) is 4.98 Å². The van der Waals surface area contributed by atoms with E-state index in [9.17, 15) is 0 Å². The fourth-order valence-corrected chi connectivity index (χ4v) is 3.13. The van der Waals surface area contributed by atoms with Crippen LogP contribution < -0.4 is 4.90 Å². The zero-order valence-corrected chi connectivity index (χ0v) is 12.6. The number of aromatic amines is 1. The molecular formula is C18H20N4. The predicted molar refractivity (Wildman–Crippen MR) is 90.0 cm³/mol. The minimum Gasteiger partial charge on any atom is -0.369 e. The van der Waals surface area contributed by atoms with E-state index in [-0.39, 0.29) is 0 Å². The number of piperazine rings is 1. The van der Waals surface area contributed by atoms with Gasteiger partial charge in [0.2, 0.25) is 0 Å². The van der Waals surface area contributed by atoms with Crippen LogP contribution in [0.1, 0.15) is 5.82 Å². The van der Waals surface area contributed by atoms with Gasteiger partial charge in [-0.2, -0.15) is 0 Å². The van der Waals surface area contributed by atoms with E-state index in [4.69, 9.17) is 0 Å². The maximum absolute atomic E-state index is 4.31. The van der Waals surface area contributed by atoms with Crippen molar-refractivity contribution in [2.45, 2.75) is 6.54 Å². The summed E-state index contributed by atoms with van der Waals surface area (Å²) in [6.45, 7) is 5.21. The van der Waals surface area contributed by atoms with Crippen molar-refractivity contribution in [3.8, 4) is 0 Å². The molecule has 0 bridgehead atoms. The fraction of sp³-hybridized carbons (Fsp3) is 0.278. The molecule has 0 radical (unpaired) electrons. The van der Waals surface area contributed by atoms with Gasteiger partial charge in [0.05, 0.1) is 6.54 Å². The lowest BCUT2D eigenvalue weighted by Gasteiger charge is -2.35. The average molecular weight is 292 g/mol. The summed E-state index contributed by atoms with van der Waals surface area (Å²) < 4.78 is 0. The lowest BCUT2D eigenvalue weighted by Crippen LogP contribution is -2.46. The van der Waals surface area contributed by atoms with E-state index >= 15 is 0 Å². The van der Waals surface area contributed by atoms with Crippen molar-refractivity contribution in [1.29, 1.82) is 0 Å². The summed E-state index contributed by atoms with van der Waals surface area (Å²) in [5.41, 5.74) is 1.33. The molecule has 1 saturated heterocycles. The molecule has 3 aromatic rings. The maximum atomic E-state index is 4.31. The minimum absolute atomic E-state index is 0.915. The molecule has 112 valence electrons. The first-order chi connectivity index (χ1) is 10.9. The predicted octanol–water partition coefficient (Wildman–Crippen LogP) is 2.89. The summed E-state index contributed by atoms with van der Waals surface area (Å²) >= 11 is 0. The van der Waals surface area contributed by atoms with Gasteiger partial charge in [-0.05, 0) is 22.9 Å². The topological polar surface area (TPSA) is 35.2 Å². The van der Waals surface area contributed by atoms with Crippen molar-refractivity contribution in [2.24, 2.45) is 0 Å². The molecular weight excluding hydrogens is 272 g/mol. The molecule has 0 saturated carbocycles. The van der Waals surface area contributed by atoms with Crippen molar-refractivity contribution in [3.63, 3.8) is 0 Å². The highest BCUT2D eigenvalue weighted by molar-refractivity contribution is 5.85. The van der Waals surface area contributed by atoms with Crippen molar-refractivity contribution in [3.05, 3.63) is 60.7 Å². The number of imidazole rings is 1. The lowest BCUT2D eigenvalue weighted by molar-refractivity contribution is 0.244. The third-order valence-electron chi connectivity index (χ3n) is 4.40. The Kier molecular flexibility index (Phi) is 3.52. The smallest absolute Gasteiger partial charge is 0.120 e. The highest BCUT2D eigenvalue weighted by Crippen LogP contribution is 2.23. The first-order valence-electron chi connectivity index (χ1n) is 7.83. The molecule has 1 aliphatic rings. The van der Waals surface area contributed by atoms with Gasteiger partial charge in [-0.15, -0.1) is 0 Å². The Labute approximate surface area is 130 Å². The number of anilines is 1. The molecule has 4 heteroatoms. The van der Waals surface area contributed by atoms with Gasteiger partial charge in [0.25, 0.3) is 0 Å². The fourth-order valence-electron chi connectivity index (χ4n) is 3.13. The number of rotatable bonds is 3. The Morgan fingerprint density at radius 2 is 1.77 bits per heavy atom. The van der Waals surface area contributed by atoms with E-state index in [2.05, 4.69) is 62.2 Å². The van der Waals surface area contributed by atoms with Gasteiger partial charge in [-0.3, -0.25) is 4.90 Å². The average Bonchev–Trinajstić information content (AvgIpc) is 3.08. The van der Waals surface area contributed by atoms with Crippen LogP contribution in [0.3, 0.4) is 0 Å². The Hall–Kier alpha value is -2.33. The van der Waals surface area contributed by atoms with E-state index in [1.54, 1.807) is 0 Å². The van der Waals surface area contributed by atoms with Gasteiger partial charge in [-0.1, -0.05) is 30.3 Å². The van der Waals surface area contributed by atoms with Gasteiger partial charge < -0.3 is 9.88 Å². The second-order valence-electron chi connectivity index (χ2n) is 5.83. The zero-order chi connectivity index (χ0) is 14.8. The van der Waals surface area contributed by atoms with Crippen molar-refractivity contribution in [2.75, 3.05) is 31.1 Å². The lowest BCUT2D eigenvalue weighted by atomic mass is 10.1. The standard InChI is InChI=1S/C18H20N4/c1-2-4-16-13-17(6-5-15(16)3-1)22-11-9-21(10-12-22)14-18-19-7-8-20-18/h1-8,13H,9-12,14H2,(H,19,20). The van der Waals surface area contributed by atoms with Crippen LogP contribution >= 0.6 is 0 Å². The molecule has 2 heterocycles. The van der Waals surface area contributed by atoms with Crippen LogP contribution in [0.5, 0.6) is 0 Å². The first kappa shape index (κ1) is 13.3. The third kappa shape index (κ3) is 2.70. The number of nitrogens with zero attached hydrogens (tertiary/aromatic N) is 3. The Bertz CT molecular complexity index is 743. The highest BCUT2D eigenvalue weighted by atomic mass is 15.3. The van der Waals surface area contributed by atoms with Gasteiger partial charge in [0, 0.05) is 44.3 Å². The number of hydrogen-bond donors (Lipinski definition) is 1. The summed E-state index contributed by atoms with van der Waals surface area (Å²) in [4.78, 5) is 12.4. The molecule has 1 N–H and O–H groups in total. The van der Waals surface area contributed by atoms with E-state index in [0.717, 1.165) is 38.5 Å². The molecule has 1 aromatic heterocycles. The molecule has 4 rings (SSSR count). The van der Waals surface area contributed by atoms with Crippen LogP contribution in [0.4, 0.5) is 5.69 Å². The van der Waals surface area contributed by atoms with Crippen LogP contribution in [0.2, 0.25) is 0 Å². The Morgan fingerprint density at radius 3 is 2.55 bits per heavy atom. The number of hydrogen-bond acceptors (Lipinski definition) is 3. The van der Waals surface area contributed by atoms with Gasteiger partial charge >= 0.3 is 0 Å². The number of aromatic nitrogens is 2. The van der Waals surface area contributed by atoms with Crippen LogP contribution in [-0.4, -0.2) is 41.0 Å². The minimum atomic E-state index is 0.915. The Morgan fingerprint density at radius 1 is 0.955 bits per heavy atom. The van der Waals surface area contributed by atoms with Gasteiger partial charge in [0.15, 0.2) is 0 Å². The first-order valence-corrected chi connectivity index (χ1v) is 7.83. The van der Waals surface area contributed by atoms with Crippen molar-refractivity contribution in [1.82, 2.24) is 14.9 Å². The van der Waals surface area contributed by atoms with Crippen LogP contribution in [-0.2, 0) is 6.54 Å². The molecule has 0 unspecified atom stereocenters. The normalized spacial score (nSPS) is 16.3. The number of nitrogens with one attached hydrogen (secondary N) is 1. The van der Waals surface area contributed by atoms with Crippen LogP contribution in [0.15, 0.2) is 54.9 Å². The largest absolute Gasteiger partial charge is 0.369 e. The van der Waals surface area contributed by atoms with E-state index in [0.29, 0.717) is 0 Å². The molecule has 0 amide bonds. The maximum Gasteiger partial charge on any atom is 0.120 e. The van der Waals surface area contributed by atoms with Crippen LogP contribution in [0.25, 0.3) is 10.8 Å². The SMILES string of the molecule is c1ccc2cc(N3CCN(Cc4ncc[nH]4)CC3)ccc2c1. The van der Waals surface area contributed by atoms with E-state index < -0.39 is 0 Å². The zero-order valence-electron chi connectivity index (χ0n) is 12.6. The van der Waals surface area contributed by atoms with E-state index in [1.807, 2.05) is 12.4 Å². The molecule has 2 aromatic carbocycles. The second-order valence-corrected chi connectivity index (χ2v) is 5.83. The number of benzene rings is 2. The van der Waals surface area contributed by atoms with Crippen molar-refractivity contribution >= 4 is 16.5 Å². The monoisotopic (exact) mass is 292 g/mol. The molecule has 22 heavy (non-hydrogen) atoms. The molecule has 1 fully saturated rings. The van der Waals surface area contributed by atoms with Crippen molar-refractivity contribution < 1.29 is 0 Å². The summed E-state index contributed by atoms with van der Waals surface area (Å²) in [5, 5.41) is 2.63. The van der Waals surface area contributed by atoms with Crippen LogP contribution in [0, 0.1) is 0 Å². The molecule has 4 nitrogen and oxygen atoms in total.